The van der Waals surface area contributed by atoms with Crippen LogP contribution in [0.5, 0.6) is 11.6 Å². The molecule has 0 aliphatic heterocycles. The maximum absolute atomic E-state index is 5.73. The lowest BCUT2D eigenvalue weighted by molar-refractivity contribution is 0.463. The molecule has 0 unspecified atom stereocenters. The fraction of sp³-hybridized carbons (Fsp3) is 0.190. The molecule has 3 aromatic rings. The number of hydrogen-bond donors (Lipinski definition) is 0. The van der Waals surface area contributed by atoms with Crippen molar-refractivity contribution in [3.05, 3.63) is 78.5 Å². The predicted octanol–water partition coefficient (Wildman–Crippen LogP) is 5.59. The van der Waals surface area contributed by atoms with E-state index in [0.29, 0.717) is 5.88 Å². The third-order valence-electron chi connectivity index (χ3n) is 3.95. The SMILES string of the molecule is CCCc1ccc(N(C)c2ccc(Oc3ccccn3)cc2)cc1. The summed E-state index contributed by atoms with van der Waals surface area (Å²) in [5.41, 5.74) is 3.67. The van der Waals surface area contributed by atoms with Gasteiger partial charge in [-0.2, -0.15) is 0 Å². The summed E-state index contributed by atoms with van der Waals surface area (Å²) in [4.78, 5) is 6.34. The van der Waals surface area contributed by atoms with E-state index in [9.17, 15) is 0 Å². The molecule has 0 aliphatic rings. The fourth-order valence-corrected chi connectivity index (χ4v) is 2.59. The first-order valence-electron chi connectivity index (χ1n) is 8.28. The summed E-state index contributed by atoms with van der Waals surface area (Å²) in [6.07, 6.45) is 4.02. The highest BCUT2D eigenvalue weighted by Crippen LogP contribution is 2.27. The molecule has 2 aromatic carbocycles. The molecule has 1 heterocycles. The highest BCUT2D eigenvalue weighted by molar-refractivity contribution is 5.63. The van der Waals surface area contributed by atoms with Crippen molar-refractivity contribution in [1.82, 2.24) is 4.98 Å². The molecule has 24 heavy (non-hydrogen) atoms. The minimum absolute atomic E-state index is 0.602. The normalized spacial score (nSPS) is 10.4. The molecule has 0 fully saturated rings. The van der Waals surface area contributed by atoms with E-state index in [4.69, 9.17) is 4.74 Å². The van der Waals surface area contributed by atoms with Gasteiger partial charge in [-0.05, 0) is 54.4 Å². The lowest BCUT2D eigenvalue weighted by Crippen LogP contribution is -2.09. The van der Waals surface area contributed by atoms with Gasteiger partial charge in [-0.15, -0.1) is 0 Å². The molecule has 1 aromatic heterocycles. The van der Waals surface area contributed by atoms with Gasteiger partial charge >= 0.3 is 0 Å². The zero-order valence-corrected chi connectivity index (χ0v) is 14.1. The van der Waals surface area contributed by atoms with Crippen molar-refractivity contribution < 1.29 is 4.74 Å². The van der Waals surface area contributed by atoms with E-state index in [2.05, 4.69) is 60.3 Å². The monoisotopic (exact) mass is 318 g/mol. The average molecular weight is 318 g/mol. The Morgan fingerprint density at radius 2 is 1.54 bits per heavy atom. The second-order valence-electron chi connectivity index (χ2n) is 5.74. The van der Waals surface area contributed by atoms with E-state index in [0.717, 1.165) is 17.9 Å². The van der Waals surface area contributed by atoms with Crippen molar-refractivity contribution in [3.8, 4) is 11.6 Å². The molecule has 0 saturated heterocycles. The summed E-state index contributed by atoms with van der Waals surface area (Å²) in [6, 6.07) is 22.4. The van der Waals surface area contributed by atoms with Crippen molar-refractivity contribution in [3.63, 3.8) is 0 Å². The topological polar surface area (TPSA) is 25.4 Å². The van der Waals surface area contributed by atoms with Gasteiger partial charge in [0.1, 0.15) is 5.75 Å². The van der Waals surface area contributed by atoms with Gasteiger partial charge in [0.15, 0.2) is 0 Å². The number of ether oxygens (including phenoxy) is 1. The Morgan fingerprint density at radius 1 is 0.875 bits per heavy atom. The molecule has 3 nitrogen and oxygen atoms in total. The molecular formula is C21H22N2O. The number of nitrogens with zero attached hydrogens (tertiary/aromatic N) is 2. The van der Waals surface area contributed by atoms with Gasteiger partial charge in [0.25, 0.3) is 0 Å². The van der Waals surface area contributed by atoms with Crippen molar-refractivity contribution in [2.75, 3.05) is 11.9 Å². The van der Waals surface area contributed by atoms with Crippen molar-refractivity contribution in [2.24, 2.45) is 0 Å². The number of rotatable bonds is 6. The van der Waals surface area contributed by atoms with Crippen molar-refractivity contribution >= 4 is 11.4 Å². The highest BCUT2D eigenvalue weighted by Gasteiger charge is 2.05. The van der Waals surface area contributed by atoms with Crippen LogP contribution >= 0.6 is 0 Å². The van der Waals surface area contributed by atoms with Gasteiger partial charge in [0.2, 0.25) is 5.88 Å². The van der Waals surface area contributed by atoms with E-state index in [-0.39, 0.29) is 0 Å². The molecule has 0 N–H and O–H groups in total. The maximum atomic E-state index is 5.73. The van der Waals surface area contributed by atoms with Crippen LogP contribution in [-0.4, -0.2) is 12.0 Å². The fourth-order valence-electron chi connectivity index (χ4n) is 2.59. The van der Waals surface area contributed by atoms with Gasteiger partial charge in [0, 0.05) is 30.7 Å². The summed E-state index contributed by atoms with van der Waals surface area (Å²) < 4.78 is 5.73. The van der Waals surface area contributed by atoms with Crippen LogP contribution in [0.2, 0.25) is 0 Å². The molecule has 0 radical (unpaired) electrons. The molecule has 0 atom stereocenters. The Bertz CT molecular complexity index is 752. The summed E-state index contributed by atoms with van der Waals surface area (Å²) in [5, 5.41) is 0. The predicted molar refractivity (Wildman–Crippen MR) is 99.3 cm³/mol. The number of benzene rings is 2. The van der Waals surface area contributed by atoms with E-state index >= 15 is 0 Å². The first kappa shape index (κ1) is 16.1. The van der Waals surface area contributed by atoms with Crippen molar-refractivity contribution in [2.45, 2.75) is 19.8 Å². The summed E-state index contributed by atoms with van der Waals surface area (Å²) >= 11 is 0. The van der Waals surface area contributed by atoms with E-state index in [1.54, 1.807) is 6.20 Å². The Morgan fingerprint density at radius 3 is 2.12 bits per heavy atom. The van der Waals surface area contributed by atoms with E-state index in [1.165, 1.54) is 17.7 Å². The van der Waals surface area contributed by atoms with Crippen LogP contribution in [0.25, 0.3) is 0 Å². The minimum atomic E-state index is 0.602. The van der Waals surface area contributed by atoms with Crippen LogP contribution in [0.3, 0.4) is 0 Å². The van der Waals surface area contributed by atoms with Gasteiger partial charge in [-0.3, -0.25) is 0 Å². The molecule has 0 aliphatic carbocycles. The maximum Gasteiger partial charge on any atom is 0.219 e. The summed E-state index contributed by atoms with van der Waals surface area (Å²) in [7, 11) is 2.07. The standard InChI is InChI=1S/C21H22N2O/c1-3-6-17-8-10-18(11-9-17)23(2)19-12-14-20(15-13-19)24-21-7-4-5-16-22-21/h4-5,7-16H,3,6H2,1-2H3. The Labute approximate surface area is 143 Å². The summed E-state index contributed by atoms with van der Waals surface area (Å²) in [6.45, 7) is 2.20. The lowest BCUT2D eigenvalue weighted by atomic mass is 10.1. The minimum Gasteiger partial charge on any atom is -0.439 e. The van der Waals surface area contributed by atoms with Gasteiger partial charge in [-0.1, -0.05) is 31.5 Å². The first-order valence-corrected chi connectivity index (χ1v) is 8.28. The zero-order valence-electron chi connectivity index (χ0n) is 14.1. The molecular weight excluding hydrogens is 296 g/mol. The highest BCUT2D eigenvalue weighted by atomic mass is 16.5. The Balaban J connectivity index is 1.70. The lowest BCUT2D eigenvalue weighted by Gasteiger charge is -2.20. The van der Waals surface area contributed by atoms with E-state index < -0.39 is 0 Å². The summed E-state index contributed by atoms with van der Waals surface area (Å²) in [5.74, 6) is 1.38. The Kier molecular flexibility index (Phi) is 5.12. The molecule has 0 bridgehead atoms. The first-order chi connectivity index (χ1) is 11.8. The van der Waals surface area contributed by atoms with Crippen LogP contribution in [0.4, 0.5) is 11.4 Å². The largest absolute Gasteiger partial charge is 0.439 e. The van der Waals surface area contributed by atoms with Crippen molar-refractivity contribution in [1.29, 1.82) is 0 Å². The number of aryl methyl sites for hydroxylation is 1. The van der Waals surface area contributed by atoms with E-state index in [1.807, 2.05) is 30.3 Å². The average Bonchev–Trinajstić information content (AvgIpc) is 2.64. The van der Waals surface area contributed by atoms with Gasteiger partial charge < -0.3 is 9.64 Å². The van der Waals surface area contributed by atoms with Crippen LogP contribution in [-0.2, 0) is 6.42 Å². The van der Waals surface area contributed by atoms with Crippen LogP contribution in [0, 0.1) is 0 Å². The number of hydrogen-bond acceptors (Lipinski definition) is 3. The van der Waals surface area contributed by atoms with Crippen LogP contribution < -0.4 is 9.64 Å². The number of aromatic nitrogens is 1. The second-order valence-corrected chi connectivity index (χ2v) is 5.74. The quantitative estimate of drug-likeness (QED) is 0.592. The van der Waals surface area contributed by atoms with Gasteiger partial charge in [-0.25, -0.2) is 4.98 Å². The van der Waals surface area contributed by atoms with Crippen LogP contribution in [0.15, 0.2) is 72.9 Å². The second kappa shape index (κ2) is 7.64. The number of anilines is 2. The van der Waals surface area contributed by atoms with Gasteiger partial charge in [0.05, 0.1) is 0 Å². The molecule has 0 amide bonds. The smallest absolute Gasteiger partial charge is 0.219 e. The number of pyridine rings is 1. The molecule has 122 valence electrons. The van der Waals surface area contributed by atoms with Crippen LogP contribution in [0.1, 0.15) is 18.9 Å². The Hall–Kier alpha value is -2.81. The molecule has 3 rings (SSSR count). The molecule has 3 heteroatoms. The molecule has 0 spiro atoms. The zero-order chi connectivity index (χ0) is 16.8. The molecule has 0 saturated carbocycles. The third-order valence-corrected chi connectivity index (χ3v) is 3.95. The third kappa shape index (κ3) is 3.93.